The standard InChI is InChI=1S/C14H24N4O3/c1-3-4-8-18-12(15)11(13(19)17-14(18)20)16-9-6-5-7-10(9)21-2/h9-10,16H,3-8,15H2,1-2H3,(H,17,19,20). The molecule has 0 bridgehead atoms. The second-order valence-corrected chi connectivity index (χ2v) is 5.48. The van der Waals surface area contributed by atoms with E-state index in [0.717, 1.165) is 32.1 Å². The van der Waals surface area contributed by atoms with E-state index in [0.29, 0.717) is 6.54 Å². The minimum Gasteiger partial charge on any atom is -0.383 e. The molecule has 1 saturated carbocycles. The fraction of sp³-hybridized carbons (Fsp3) is 0.714. The lowest BCUT2D eigenvalue weighted by atomic mass is 10.2. The minimum absolute atomic E-state index is 0.0514. The highest BCUT2D eigenvalue weighted by Gasteiger charge is 2.28. The molecule has 1 aromatic rings. The first-order chi connectivity index (χ1) is 10.1. The summed E-state index contributed by atoms with van der Waals surface area (Å²) in [6.07, 6.45) is 4.78. The second-order valence-electron chi connectivity index (χ2n) is 5.48. The van der Waals surface area contributed by atoms with Gasteiger partial charge in [-0.1, -0.05) is 13.3 Å². The highest BCUT2D eigenvalue weighted by atomic mass is 16.5. The number of hydrogen-bond donors (Lipinski definition) is 3. The number of nitrogens with two attached hydrogens (primary N) is 1. The van der Waals surface area contributed by atoms with Gasteiger partial charge in [-0.15, -0.1) is 0 Å². The molecule has 7 nitrogen and oxygen atoms in total. The molecule has 7 heteroatoms. The Morgan fingerprint density at radius 3 is 2.86 bits per heavy atom. The summed E-state index contributed by atoms with van der Waals surface area (Å²) in [5, 5.41) is 3.17. The van der Waals surface area contributed by atoms with Crippen LogP contribution in [0.1, 0.15) is 39.0 Å². The van der Waals surface area contributed by atoms with Crippen molar-refractivity contribution in [3.05, 3.63) is 20.8 Å². The topological polar surface area (TPSA) is 102 Å². The number of H-pyrrole nitrogens is 1. The molecular formula is C14H24N4O3. The normalized spacial score (nSPS) is 21.6. The number of anilines is 2. The summed E-state index contributed by atoms with van der Waals surface area (Å²) < 4.78 is 6.83. The zero-order valence-electron chi connectivity index (χ0n) is 12.6. The molecule has 2 unspecified atom stereocenters. The molecule has 1 fully saturated rings. The highest BCUT2D eigenvalue weighted by Crippen LogP contribution is 2.25. The zero-order valence-corrected chi connectivity index (χ0v) is 12.6. The van der Waals surface area contributed by atoms with Gasteiger partial charge in [0, 0.05) is 13.7 Å². The minimum atomic E-state index is -0.466. The first-order valence-corrected chi connectivity index (χ1v) is 7.50. The van der Waals surface area contributed by atoms with Crippen LogP contribution in [-0.2, 0) is 11.3 Å². The van der Waals surface area contributed by atoms with E-state index < -0.39 is 11.2 Å². The van der Waals surface area contributed by atoms with Crippen molar-refractivity contribution in [1.29, 1.82) is 0 Å². The highest BCUT2D eigenvalue weighted by molar-refractivity contribution is 5.61. The summed E-state index contributed by atoms with van der Waals surface area (Å²) in [4.78, 5) is 26.2. The number of rotatable bonds is 6. The van der Waals surface area contributed by atoms with Crippen LogP contribution in [0.4, 0.5) is 11.5 Å². The van der Waals surface area contributed by atoms with Crippen LogP contribution in [0.25, 0.3) is 0 Å². The molecule has 0 aromatic carbocycles. The van der Waals surface area contributed by atoms with Gasteiger partial charge in [0.05, 0.1) is 12.1 Å². The first-order valence-electron chi connectivity index (χ1n) is 7.50. The van der Waals surface area contributed by atoms with E-state index in [1.807, 2.05) is 6.92 Å². The summed E-state index contributed by atoms with van der Waals surface area (Å²) in [6.45, 7) is 2.54. The average Bonchev–Trinajstić information content (AvgIpc) is 2.90. The van der Waals surface area contributed by atoms with E-state index >= 15 is 0 Å². The number of unbranched alkanes of at least 4 members (excludes halogenated alkanes) is 1. The molecule has 1 heterocycles. The van der Waals surface area contributed by atoms with Crippen LogP contribution in [0.2, 0.25) is 0 Å². The first kappa shape index (κ1) is 15.6. The summed E-state index contributed by atoms with van der Waals surface area (Å²) in [7, 11) is 1.67. The molecule has 1 aliphatic rings. The van der Waals surface area contributed by atoms with Crippen molar-refractivity contribution in [3.63, 3.8) is 0 Å². The number of aromatic amines is 1. The van der Waals surface area contributed by atoms with Gasteiger partial charge in [-0.2, -0.15) is 0 Å². The van der Waals surface area contributed by atoms with E-state index in [-0.39, 0.29) is 23.7 Å². The number of nitrogens with zero attached hydrogens (tertiary/aromatic N) is 1. The van der Waals surface area contributed by atoms with E-state index in [2.05, 4.69) is 10.3 Å². The van der Waals surface area contributed by atoms with Crippen LogP contribution < -0.4 is 22.3 Å². The Morgan fingerprint density at radius 2 is 2.19 bits per heavy atom. The quantitative estimate of drug-likeness (QED) is 0.724. The van der Waals surface area contributed by atoms with Crippen LogP contribution >= 0.6 is 0 Å². The van der Waals surface area contributed by atoms with Gasteiger partial charge < -0.3 is 15.8 Å². The van der Waals surface area contributed by atoms with Gasteiger partial charge in [-0.25, -0.2) is 4.79 Å². The van der Waals surface area contributed by atoms with Crippen molar-refractivity contribution < 1.29 is 4.74 Å². The third-order valence-corrected chi connectivity index (χ3v) is 4.06. The van der Waals surface area contributed by atoms with Crippen molar-refractivity contribution >= 4 is 11.5 Å². The predicted octanol–water partition coefficient (Wildman–Crippen LogP) is 0.898. The van der Waals surface area contributed by atoms with E-state index in [1.165, 1.54) is 4.57 Å². The van der Waals surface area contributed by atoms with E-state index in [1.54, 1.807) is 7.11 Å². The molecular weight excluding hydrogens is 272 g/mol. The van der Waals surface area contributed by atoms with Crippen LogP contribution in [0.5, 0.6) is 0 Å². The van der Waals surface area contributed by atoms with Gasteiger partial charge in [-0.3, -0.25) is 14.3 Å². The fourth-order valence-electron chi connectivity index (χ4n) is 2.82. The molecule has 21 heavy (non-hydrogen) atoms. The van der Waals surface area contributed by atoms with Crippen molar-refractivity contribution in [2.75, 3.05) is 18.2 Å². The number of nitrogens with one attached hydrogen (secondary N) is 2. The SMILES string of the molecule is CCCCn1c(N)c(NC2CCCC2OC)c(=O)[nH]c1=O. The van der Waals surface area contributed by atoms with Crippen LogP contribution in [0.3, 0.4) is 0 Å². The molecule has 0 saturated heterocycles. The molecule has 0 radical (unpaired) electrons. The maximum absolute atomic E-state index is 12.0. The molecule has 2 rings (SSSR count). The molecule has 0 amide bonds. The number of ether oxygens (including phenoxy) is 1. The Morgan fingerprint density at radius 1 is 1.43 bits per heavy atom. The Bertz CT molecular complexity index is 593. The number of methoxy groups -OCH3 is 1. The Kier molecular flexibility index (Phi) is 5.06. The van der Waals surface area contributed by atoms with Crippen LogP contribution in [0, 0.1) is 0 Å². The van der Waals surface area contributed by atoms with Gasteiger partial charge in [-0.05, 0) is 25.7 Å². The largest absolute Gasteiger partial charge is 0.383 e. The van der Waals surface area contributed by atoms with E-state index in [4.69, 9.17) is 10.5 Å². The van der Waals surface area contributed by atoms with Crippen LogP contribution in [0.15, 0.2) is 9.59 Å². The molecule has 1 aromatic heterocycles. The molecule has 4 N–H and O–H groups in total. The Labute approximate surface area is 123 Å². The monoisotopic (exact) mass is 296 g/mol. The maximum Gasteiger partial charge on any atom is 0.330 e. The predicted molar refractivity (Wildman–Crippen MR) is 82.7 cm³/mol. The third-order valence-electron chi connectivity index (χ3n) is 4.06. The zero-order chi connectivity index (χ0) is 15.4. The van der Waals surface area contributed by atoms with Gasteiger partial charge in [0.1, 0.15) is 11.5 Å². The second kappa shape index (κ2) is 6.80. The maximum atomic E-state index is 12.0. The van der Waals surface area contributed by atoms with Crippen molar-refractivity contribution in [3.8, 4) is 0 Å². The van der Waals surface area contributed by atoms with Crippen LogP contribution in [-0.4, -0.2) is 28.8 Å². The van der Waals surface area contributed by atoms with Gasteiger partial charge >= 0.3 is 5.69 Å². The Hall–Kier alpha value is -1.76. The lowest BCUT2D eigenvalue weighted by Gasteiger charge is -2.22. The summed E-state index contributed by atoms with van der Waals surface area (Å²) in [6, 6.07) is 0.0514. The lowest BCUT2D eigenvalue weighted by Crippen LogP contribution is -2.38. The molecule has 118 valence electrons. The van der Waals surface area contributed by atoms with Crippen molar-refractivity contribution in [2.24, 2.45) is 0 Å². The van der Waals surface area contributed by atoms with Crippen molar-refractivity contribution in [2.45, 2.75) is 57.7 Å². The van der Waals surface area contributed by atoms with Crippen molar-refractivity contribution in [1.82, 2.24) is 9.55 Å². The smallest absolute Gasteiger partial charge is 0.330 e. The number of nitrogen functional groups attached to an aromatic ring is 1. The molecule has 0 aliphatic heterocycles. The number of hydrogen-bond acceptors (Lipinski definition) is 5. The third kappa shape index (κ3) is 3.29. The summed E-state index contributed by atoms with van der Waals surface area (Å²) in [5.41, 5.74) is 5.39. The lowest BCUT2D eigenvalue weighted by molar-refractivity contribution is 0.101. The van der Waals surface area contributed by atoms with Gasteiger partial charge in [0.15, 0.2) is 0 Å². The van der Waals surface area contributed by atoms with Gasteiger partial charge in [0.25, 0.3) is 5.56 Å². The number of aromatic nitrogens is 2. The average molecular weight is 296 g/mol. The molecule has 0 spiro atoms. The fourth-order valence-corrected chi connectivity index (χ4v) is 2.82. The van der Waals surface area contributed by atoms with Gasteiger partial charge in [0.2, 0.25) is 0 Å². The molecule has 2 atom stereocenters. The summed E-state index contributed by atoms with van der Waals surface area (Å²) >= 11 is 0. The molecule has 1 aliphatic carbocycles. The summed E-state index contributed by atoms with van der Waals surface area (Å²) in [5.74, 6) is 0.207. The van der Waals surface area contributed by atoms with E-state index in [9.17, 15) is 9.59 Å². The Balaban J connectivity index is 2.30.